The molecule has 1 atom stereocenters. The highest BCUT2D eigenvalue weighted by molar-refractivity contribution is 5.86. The van der Waals surface area contributed by atoms with E-state index >= 15 is 0 Å². The fraction of sp³-hybridized carbons (Fsp3) is 0.438. The summed E-state index contributed by atoms with van der Waals surface area (Å²) in [6.45, 7) is 0.273. The minimum atomic E-state index is -1.30. The van der Waals surface area contributed by atoms with E-state index in [1.165, 1.54) is 17.0 Å². The van der Waals surface area contributed by atoms with E-state index in [-0.39, 0.29) is 18.0 Å². The zero-order valence-corrected chi connectivity index (χ0v) is 12.7. The Morgan fingerprint density at radius 3 is 2.57 bits per heavy atom. The van der Waals surface area contributed by atoms with Crippen LogP contribution in [0.5, 0.6) is 0 Å². The second-order valence-electron chi connectivity index (χ2n) is 5.45. The maximum Gasteiger partial charge on any atom is 0.326 e. The molecule has 1 aliphatic rings. The van der Waals surface area contributed by atoms with Crippen LogP contribution in [0.25, 0.3) is 0 Å². The van der Waals surface area contributed by atoms with Crippen molar-refractivity contribution in [2.75, 3.05) is 13.1 Å². The van der Waals surface area contributed by atoms with Gasteiger partial charge in [0.25, 0.3) is 5.91 Å². The van der Waals surface area contributed by atoms with Crippen molar-refractivity contribution in [1.29, 1.82) is 0 Å². The van der Waals surface area contributed by atoms with E-state index in [9.17, 15) is 18.8 Å². The Morgan fingerprint density at radius 1 is 1.22 bits per heavy atom. The Hall–Kier alpha value is -2.44. The summed E-state index contributed by atoms with van der Waals surface area (Å²) in [5, 5.41) is 0. The molecule has 6 nitrogen and oxygen atoms in total. The third-order valence-electron chi connectivity index (χ3n) is 3.67. The predicted molar refractivity (Wildman–Crippen MR) is 79.5 cm³/mol. The number of amides is 2. The molecule has 1 fully saturated rings. The molecule has 1 heterocycles. The van der Waals surface area contributed by atoms with Gasteiger partial charge in [-0.1, -0.05) is 18.6 Å². The highest BCUT2D eigenvalue weighted by atomic mass is 19.1. The van der Waals surface area contributed by atoms with Crippen LogP contribution >= 0.6 is 0 Å². The van der Waals surface area contributed by atoms with Gasteiger partial charge in [-0.2, -0.15) is 0 Å². The Bertz CT molecular complexity index is 588. The van der Waals surface area contributed by atoms with Crippen LogP contribution in [-0.2, 0) is 19.1 Å². The molecule has 0 aliphatic carbocycles. The third-order valence-corrected chi connectivity index (χ3v) is 3.67. The number of esters is 1. The molecule has 2 amide bonds. The van der Waals surface area contributed by atoms with E-state index in [4.69, 9.17) is 10.5 Å². The molecule has 7 heteroatoms. The van der Waals surface area contributed by atoms with Crippen LogP contribution < -0.4 is 5.73 Å². The summed E-state index contributed by atoms with van der Waals surface area (Å²) < 4.78 is 18.0. The molecule has 2 rings (SSSR count). The molecule has 124 valence electrons. The number of likely N-dealkylation sites (tertiary alicyclic amines) is 1. The molecular formula is C16H19FN2O4. The summed E-state index contributed by atoms with van der Waals surface area (Å²) >= 11 is 0. The maximum absolute atomic E-state index is 12.9. The molecule has 1 saturated heterocycles. The van der Waals surface area contributed by atoms with Gasteiger partial charge in [-0.15, -0.1) is 0 Å². The van der Waals surface area contributed by atoms with Gasteiger partial charge in [0.05, 0.1) is 0 Å². The minimum absolute atomic E-state index is 0.100. The van der Waals surface area contributed by atoms with E-state index in [2.05, 4.69) is 0 Å². The van der Waals surface area contributed by atoms with Crippen molar-refractivity contribution in [3.05, 3.63) is 35.6 Å². The number of ether oxygens (including phenoxy) is 1. The summed E-state index contributed by atoms with van der Waals surface area (Å²) in [5.41, 5.74) is 5.54. The van der Waals surface area contributed by atoms with Crippen LogP contribution in [0.15, 0.2) is 24.3 Å². The molecule has 1 aliphatic heterocycles. The zero-order chi connectivity index (χ0) is 16.8. The first kappa shape index (κ1) is 16.9. The van der Waals surface area contributed by atoms with Crippen LogP contribution in [0.3, 0.4) is 0 Å². The number of hydrogen-bond acceptors (Lipinski definition) is 4. The Morgan fingerprint density at radius 2 is 1.91 bits per heavy atom. The maximum atomic E-state index is 12.9. The molecule has 0 spiro atoms. The summed E-state index contributed by atoms with van der Waals surface area (Å²) in [7, 11) is 0. The molecule has 0 bridgehead atoms. The summed E-state index contributed by atoms with van der Waals surface area (Å²) in [6.07, 6.45) is 1.69. The van der Waals surface area contributed by atoms with Gasteiger partial charge in [0.15, 0.2) is 0 Å². The lowest BCUT2D eigenvalue weighted by Crippen LogP contribution is -2.37. The number of primary amides is 1. The van der Waals surface area contributed by atoms with Gasteiger partial charge in [-0.3, -0.25) is 14.4 Å². The highest BCUT2D eigenvalue weighted by Gasteiger charge is 2.25. The first-order chi connectivity index (χ1) is 11.0. The van der Waals surface area contributed by atoms with Gasteiger partial charge in [0.2, 0.25) is 12.0 Å². The lowest BCUT2D eigenvalue weighted by Gasteiger charge is -2.21. The van der Waals surface area contributed by atoms with E-state index in [1.54, 1.807) is 0 Å². The van der Waals surface area contributed by atoms with Crippen molar-refractivity contribution in [2.45, 2.75) is 31.8 Å². The van der Waals surface area contributed by atoms with Gasteiger partial charge >= 0.3 is 5.97 Å². The third kappa shape index (κ3) is 4.77. The number of carbonyl (C=O) groups excluding carboxylic acids is 3. The Balaban J connectivity index is 2.01. The fourth-order valence-corrected chi connectivity index (χ4v) is 2.46. The second kappa shape index (κ2) is 7.71. The van der Waals surface area contributed by atoms with Gasteiger partial charge < -0.3 is 15.4 Å². The molecule has 0 unspecified atom stereocenters. The first-order valence-electron chi connectivity index (χ1n) is 7.49. The van der Waals surface area contributed by atoms with Crippen molar-refractivity contribution in [3.8, 4) is 0 Å². The number of halogens is 1. The summed E-state index contributed by atoms with van der Waals surface area (Å²) in [4.78, 5) is 36.8. The Kier molecular flexibility index (Phi) is 5.67. The highest BCUT2D eigenvalue weighted by Crippen LogP contribution is 2.18. The normalized spacial score (nSPS) is 16.6. The van der Waals surface area contributed by atoms with Gasteiger partial charge in [0, 0.05) is 18.5 Å². The number of benzene rings is 1. The smallest absolute Gasteiger partial charge is 0.326 e. The Labute approximate surface area is 133 Å². The van der Waals surface area contributed by atoms with Crippen molar-refractivity contribution in [3.63, 3.8) is 0 Å². The van der Waals surface area contributed by atoms with Crippen molar-refractivity contribution in [1.82, 2.24) is 4.90 Å². The van der Waals surface area contributed by atoms with Gasteiger partial charge in [-0.05, 0) is 25.0 Å². The largest absolute Gasteiger partial charge is 0.446 e. The van der Waals surface area contributed by atoms with Crippen molar-refractivity contribution in [2.24, 2.45) is 5.73 Å². The lowest BCUT2D eigenvalue weighted by atomic mass is 10.1. The number of rotatable bonds is 5. The summed E-state index contributed by atoms with van der Waals surface area (Å²) in [5.74, 6) is -2.14. The van der Waals surface area contributed by atoms with Crippen LogP contribution in [0.2, 0.25) is 0 Å². The molecule has 0 aromatic heterocycles. The molecule has 1 aromatic rings. The van der Waals surface area contributed by atoms with E-state index in [0.29, 0.717) is 13.0 Å². The monoisotopic (exact) mass is 322 g/mol. The fourth-order valence-electron chi connectivity index (χ4n) is 2.46. The molecule has 0 radical (unpaired) electrons. The van der Waals surface area contributed by atoms with Crippen LogP contribution in [0.1, 0.15) is 37.4 Å². The standard InChI is InChI=1S/C16H19FN2O4/c17-12-7-5-11(6-8-12)15(16(18)22)23-14(21)10-19-9-3-1-2-4-13(19)20/h5-8,15H,1-4,9-10H2,(H2,18,22)/t15-/m0/s1. The van der Waals surface area contributed by atoms with E-state index in [1.807, 2.05) is 0 Å². The van der Waals surface area contributed by atoms with Crippen LogP contribution in [0.4, 0.5) is 4.39 Å². The van der Waals surface area contributed by atoms with Crippen molar-refractivity contribution >= 4 is 17.8 Å². The number of hydrogen-bond donors (Lipinski definition) is 1. The average Bonchev–Trinajstić information content (AvgIpc) is 2.71. The van der Waals surface area contributed by atoms with Crippen molar-refractivity contribution < 1.29 is 23.5 Å². The lowest BCUT2D eigenvalue weighted by molar-refractivity contribution is -0.158. The molecule has 2 N–H and O–H groups in total. The summed E-state index contributed by atoms with van der Waals surface area (Å²) in [6, 6.07) is 4.96. The number of nitrogens with zero attached hydrogens (tertiary/aromatic N) is 1. The average molecular weight is 322 g/mol. The van der Waals surface area contributed by atoms with Gasteiger partial charge in [-0.25, -0.2) is 4.39 Å². The number of nitrogens with two attached hydrogens (primary N) is 1. The second-order valence-corrected chi connectivity index (χ2v) is 5.45. The molecule has 0 saturated carbocycles. The number of carbonyl (C=O) groups is 3. The molecular weight excluding hydrogens is 303 g/mol. The van der Waals surface area contributed by atoms with E-state index < -0.39 is 23.8 Å². The van der Waals surface area contributed by atoms with Crippen LogP contribution in [0, 0.1) is 5.82 Å². The quantitative estimate of drug-likeness (QED) is 0.827. The minimum Gasteiger partial charge on any atom is -0.446 e. The SMILES string of the molecule is NC(=O)[C@@H](OC(=O)CN1CCCCCC1=O)c1ccc(F)cc1. The zero-order valence-electron chi connectivity index (χ0n) is 12.7. The van der Waals surface area contributed by atoms with Gasteiger partial charge in [0.1, 0.15) is 12.4 Å². The predicted octanol–water partition coefficient (Wildman–Crippen LogP) is 1.30. The molecule has 1 aromatic carbocycles. The van der Waals surface area contributed by atoms with Crippen LogP contribution in [-0.4, -0.2) is 35.8 Å². The van der Waals surface area contributed by atoms with E-state index in [0.717, 1.165) is 31.4 Å². The topological polar surface area (TPSA) is 89.7 Å². The molecule has 23 heavy (non-hydrogen) atoms. The first-order valence-corrected chi connectivity index (χ1v) is 7.49.